The molecule has 1 aromatic rings. The number of allylic oxidation sites excluding steroid dienone is 2. The molecule has 2 aliphatic carbocycles. The maximum absolute atomic E-state index is 11.9. The summed E-state index contributed by atoms with van der Waals surface area (Å²) in [5.74, 6) is 0.594. The molecule has 1 aromatic carbocycles. The molecule has 1 N–H and O–H groups in total. The molecule has 3 rings (SSSR count). The highest BCUT2D eigenvalue weighted by molar-refractivity contribution is 6.04. The van der Waals surface area contributed by atoms with Gasteiger partial charge >= 0.3 is 0 Å². The van der Waals surface area contributed by atoms with E-state index in [4.69, 9.17) is 0 Å². The first-order valence-electron chi connectivity index (χ1n) is 7.22. The van der Waals surface area contributed by atoms with E-state index in [-0.39, 0.29) is 11.2 Å². The summed E-state index contributed by atoms with van der Waals surface area (Å²) in [4.78, 5) is 11.9. The lowest BCUT2D eigenvalue weighted by Crippen LogP contribution is -2.26. The lowest BCUT2D eigenvalue weighted by Gasteiger charge is -2.37. The molecule has 0 saturated carbocycles. The summed E-state index contributed by atoms with van der Waals surface area (Å²) in [6, 6.07) is 5.57. The summed E-state index contributed by atoms with van der Waals surface area (Å²) >= 11 is 0. The van der Waals surface area contributed by atoms with E-state index < -0.39 is 0 Å². The van der Waals surface area contributed by atoms with Crippen LogP contribution < -0.4 is 0 Å². The predicted molar refractivity (Wildman–Crippen MR) is 76.0 cm³/mol. The molecule has 0 saturated heterocycles. The molecule has 0 radical (unpaired) electrons. The van der Waals surface area contributed by atoms with Gasteiger partial charge in [0, 0.05) is 11.8 Å². The molecule has 0 aliphatic heterocycles. The van der Waals surface area contributed by atoms with Crippen molar-refractivity contribution in [1.29, 1.82) is 0 Å². The molecular formula is C17H20O2. The van der Waals surface area contributed by atoms with Crippen LogP contribution in [0.4, 0.5) is 0 Å². The number of hydrogen-bond acceptors (Lipinski definition) is 2. The van der Waals surface area contributed by atoms with Gasteiger partial charge in [0.05, 0.1) is 0 Å². The van der Waals surface area contributed by atoms with Crippen LogP contribution >= 0.6 is 0 Å². The standard InChI is InChI=1S/C17H20O2/c1-2-3-7-17-8-6-12-9-13(18)4-5-15(12)16(17)10-14(19)11-17/h4-5,9-10,18H,2-3,6-8,11H2,1H3. The van der Waals surface area contributed by atoms with E-state index in [1.54, 1.807) is 6.07 Å². The molecule has 1 unspecified atom stereocenters. The number of carbonyl (C=O) groups excluding carboxylic acids is 1. The van der Waals surface area contributed by atoms with Crippen molar-refractivity contribution in [1.82, 2.24) is 0 Å². The fourth-order valence-corrected chi connectivity index (χ4v) is 3.67. The van der Waals surface area contributed by atoms with Crippen LogP contribution in [0.5, 0.6) is 5.75 Å². The number of aromatic hydroxyl groups is 1. The number of phenols is 1. The van der Waals surface area contributed by atoms with Crippen LogP contribution in [0.1, 0.15) is 50.2 Å². The number of benzene rings is 1. The Balaban J connectivity index is 2.04. The maximum atomic E-state index is 11.9. The Morgan fingerprint density at radius 3 is 3.00 bits per heavy atom. The molecule has 0 fully saturated rings. The van der Waals surface area contributed by atoms with Gasteiger partial charge < -0.3 is 5.11 Å². The zero-order chi connectivity index (χ0) is 13.5. The van der Waals surface area contributed by atoms with Gasteiger partial charge in [0.1, 0.15) is 5.75 Å². The molecule has 19 heavy (non-hydrogen) atoms. The third-order valence-corrected chi connectivity index (χ3v) is 4.65. The minimum Gasteiger partial charge on any atom is -0.508 e. The number of carbonyl (C=O) groups is 1. The van der Waals surface area contributed by atoms with Gasteiger partial charge in [-0.1, -0.05) is 25.8 Å². The fourth-order valence-electron chi connectivity index (χ4n) is 3.67. The molecule has 0 amide bonds. The normalized spacial score (nSPS) is 24.9. The number of aryl methyl sites for hydroxylation is 1. The smallest absolute Gasteiger partial charge is 0.156 e. The van der Waals surface area contributed by atoms with Crippen molar-refractivity contribution in [3.05, 3.63) is 35.4 Å². The van der Waals surface area contributed by atoms with E-state index >= 15 is 0 Å². The minimum atomic E-state index is 0.0804. The topological polar surface area (TPSA) is 37.3 Å². The van der Waals surface area contributed by atoms with E-state index in [0.29, 0.717) is 12.2 Å². The van der Waals surface area contributed by atoms with E-state index in [2.05, 4.69) is 6.92 Å². The molecule has 0 bridgehead atoms. The molecule has 100 valence electrons. The van der Waals surface area contributed by atoms with Gasteiger partial charge in [-0.2, -0.15) is 0 Å². The van der Waals surface area contributed by atoms with Gasteiger partial charge in [0.25, 0.3) is 0 Å². The highest BCUT2D eigenvalue weighted by Crippen LogP contribution is 2.54. The summed E-state index contributed by atoms with van der Waals surface area (Å²) in [7, 11) is 0. The zero-order valence-corrected chi connectivity index (χ0v) is 11.4. The molecular weight excluding hydrogens is 236 g/mol. The SMILES string of the molecule is CCCCC12CCc3cc(O)ccc3C1=CC(=O)C2. The highest BCUT2D eigenvalue weighted by Gasteiger charge is 2.43. The Morgan fingerprint density at radius 1 is 1.37 bits per heavy atom. The monoisotopic (exact) mass is 256 g/mol. The van der Waals surface area contributed by atoms with E-state index in [1.807, 2.05) is 18.2 Å². The number of rotatable bonds is 3. The van der Waals surface area contributed by atoms with Crippen LogP contribution in [0.15, 0.2) is 24.3 Å². The van der Waals surface area contributed by atoms with Crippen LogP contribution in [-0.4, -0.2) is 10.9 Å². The largest absolute Gasteiger partial charge is 0.508 e. The van der Waals surface area contributed by atoms with Gasteiger partial charge in [0.15, 0.2) is 5.78 Å². The zero-order valence-electron chi connectivity index (χ0n) is 11.4. The predicted octanol–water partition coefficient (Wildman–Crippen LogP) is 3.87. The van der Waals surface area contributed by atoms with Crippen molar-refractivity contribution < 1.29 is 9.90 Å². The molecule has 1 atom stereocenters. The van der Waals surface area contributed by atoms with Gasteiger partial charge in [-0.05, 0) is 54.2 Å². The number of fused-ring (bicyclic) bond motifs is 3. The molecule has 0 spiro atoms. The van der Waals surface area contributed by atoms with Crippen LogP contribution in [0.3, 0.4) is 0 Å². The lowest BCUT2D eigenvalue weighted by atomic mass is 9.66. The second kappa shape index (κ2) is 4.52. The fraction of sp³-hybridized carbons (Fsp3) is 0.471. The first-order chi connectivity index (χ1) is 9.14. The lowest BCUT2D eigenvalue weighted by molar-refractivity contribution is -0.115. The molecule has 2 heteroatoms. The summed E-state index contributed by atoms with van der Waals surface area (Å²) in [5.41, 5.74) is 3.68. The van der Waals surface area contributed by atoms with E-state index in [0.717, 1.165) is 19.3 Å². The van der Waals surface area contributed by atoms with Gasteiger partial charge in [0.2, 0.25) is 0 Å². The number of phenolic OH excluding ortho intramolecular Hbond substituents is 1. The average Bonchev–Trinajstić information content (AvgIpc) is 2.73. The highest BCUT2D eigenvalue weighted by atomic mass is 16.3. The summed E-state index contributed by atoms with van der Waals surface area (Å²) in [5, 5.41) is 9.60. The van der Waals surface area contributed by atoms with Crippen LogP contribution in [0.25, 0.3) is 5.57 Å². The third-order valence-electron chi connectivity index (χ3n) is 4.65. The summed E-state index contributed by atoms with van der Waals surface area (Å²) < 4.78 is 0. The van der Waals surface area contributed by atoms with Crippen LogP contribution in [0.2, 0.25) is 0 Å². The quantitative estimate of drug-likeness (QED) is 0.891. The van der Waals surface area contributed by atoms with Crippen molar-refractivity contribution in [2.45, 2.75) is 45.4 Å². The third kappa shape index (κ3) is 1.99. The van der Waals surface area contributed by atoms with Gasteiger partial charge in [-0.15, -0.1) is 0 Å². The molecule has 2 nitrogen and oxygen atoms in total. The molecule has 2 aliphatic rings. The van der Waals surface area contributed by atoms with Crippen molar-refractivity contribution in [2.75, 3.05) is 0 Å². The van der Waals surface area contributed by atoms with Gasteiger partial charge in [-0.25, -0.2) is 0 Å². The Bertz CT molecular complexity index is 556. The Kier molecular flexibility index (Phi) is 2.96. The Hall–Kier alpha value is -1.57. The van der Waals surface area contributed by atoms with Crippen molar-refractivity contribution in [2.24, 2.45) is 5.41 Å². The van der Waals surface area contributed by atoms with Crippen molar-refractivity contribution in [3.63, 3.8) is 0 Å². The minimum absolute atomic E-state index is 0.0804. The maximum Gasteiger partial charge on any atom is 0.156 e. The van der Waals surface area contributed by atoms with Crippen LogP contribution in [0, 0.1) is 5.41 Å². The Labute approximate surface area is 114 Å². The van der Waals surface area contributed by atoms with E-state index in [9.17, 15) is 9.90 Å². The Morgan fingerprint density at radius 2 is 2.21 bits per heavy atom. The second-order valence-electron chi connectivity index (χ2n) is 5.93. The number of hydrogen-bond donors (Lipinski definition) is 1. The van der Waals surface area contributed by atoms with Crippen LogP contribution in [-0.2, 0) is 11.2 Å². The molecule has 0 aromatic heterocycles. The first-order valence-corrected chi connectivity index (χ1v) is 7.22. The van der Waals surface area contributed by atoms with E-state index in [1.165, 1.54) is 29.5 Å². The summed E-state index contributed by atoms with van der Waals surface area (Å²) in [6.45, 7) is 2.20. The van der Waals surface area contributed by atoms with Gasteiger partial charge in [-0.3, -0.25) is 4.79 Å². The number of unbranched alkanes of at least 4 members (excludes halogenated alkanes) is 1. The average molecular weight is 256 g/mol. The first kappa shape index (κ1) is 12.5. The number of ketones is 1. The second-order valence-corrected chi connectivity index (χ2v) is 5.93. The summed E-state index contributed by atoms with van der Waals surface area (Å²) in [6.07, 6.45) is 8.01. The van der Waals surface area contributed by atoms with Crippen molar-refractivity contribution >= 4 is 11.4 Å². The van der Waals surface area contributed by atoms with Crippen molar-refractivity contribution in [3.8, 4) is 5.75 Å². The molecule has 0 heterocycles.